The van der Waals surface area contributed by atoms with Crippen molar-refractivity contribution in [1.82, 2.24) is 0 Å². The normalized spacial score (nSPS) is 43.1. The molecule has 0 heterocycles. The fourth-order valence-electron chi connectivity index (χ4n) is 1.15. The molecule has 0 bridgehead atoms. The SMILES string of the molecule is CC1=CC(O)C(C)(Cl)C1. The van der Waals surface area contributed by atoms with Crippen LogP contribution in [-0.4, -0.2) is 16.1 Å². The van der Waals surface area contributed by atoms with E-state index in [4.69, 9.17) is 11.6 Å². The summed E-state index contributed by atoms with van der Waals surface area (Å²) < 4.78 is 0. The Labute approximate surface area is 60.3 Å². The lowest BCUT2D eigenvalue weighted by molar-refractivity contribution is 0.189. The number of alkyl halides is 1. The smallest absolute Gasteiger partial charge is 0.0915 e. The van der Waals surface area contributed by atoms with Crippen molar-refractivity contribution in [2.45, 2.75) is 31.2 Å². The van der Waals surface area contributed by atoms with Gasteiger partial charge in [-0.15, -0.1) is 11.6 Å². The van der Waals surface area contributed by atoms with Gasteiger partial charge in [0.2, 0.25) is 0 Å². The molecular weight excluding hydrogens is 136 g/mol. The summed E-state index contributed by atoms with van der Waals surface area (Å²) in [6.07, 6.45) is 2.15. The number of hydrogen-bond donors (Lipinski definition) is 1. The molecule has 0 radical (unpaired) electrons. The lowest BCUT2D eigenvalue weighted by Gasteiger charge is -2.18. The van der Waals surface area contributed by atoms with Crippen LogP contribution in [0.1, 0.15) is 20.3 Å². The Morgan fingerprint density at radius 2 is 2.44 bits per heavy atom. The second-order valence-electron chi connectivity index (χ2n) is 2.91. The van der Waals surface area contributed by atoms with Crippen LogP contribution in [0.5, 0.6) is 0 Å². The molecule has 2 unspecified atom stereocenters. The Kier molecular flexibility index (Phi) is 1.57. The lowest BCUT2D eigenvalue weighted by atomic mass is 10.1. The van der Waals surface area contributed by atoms with Crippen molar-refractivity contribution < 1.29 is 5.11 Å². The summed E-state index contributed by atoms with van der Waals surface area (Å²) in [7, 11) is 0. The summed E-state index contributed by atoms with van der Waals surface area (Å²) in [5.41, 5.74) is 1.18. The maximum absolute atomic E-state index is 9.22. The second kappa shape index (κ2) is 1.99. The van der Waals surface area contributed by atoms with Gasteiger partial charge in [-0.25, -0.2) is 0 Å². The number of aliphatic hydroxyl groups is 1. The molecular formula is C7H11ClO. The molecule has 0 aromatic carbocycles. The maximum atomic E-state index is 9.22. The molecule has 1 rings (SSSR count). The van der Waals surface area contributed by atoms with Crippen LogP contribution in [0.15, 0.2) is 11.6 Å². The Morgan fingerprint density at radius 3 is 2.56 bits per heavy atom. The molecule has 0 aromatic heterocycles. The summed E-state index contributed by atoms with van der Waals surface area (Å²) >= 11 is 5.91. The van der Waals surface area contributed by atoms with Crippen LogP contribution in [0.4, 0.5) is 0 Å². The predicted molar refractivity (Wildman–Crippen MR) is 38.6 cm³/mol. The van der Waals surface area contributed by atoms with Crippen LogP contribution in [0.25, 0.3) is 0 Å². The third-order valence-corrected chi connectivity index (χ3v) is 2.04. The quantitative estimate of drug-likeness (QED) is 0.408. The summed E-state index contributed by atoms with van der Waals surface area (Å²) in [6, 6.07) is 0. The van der Waals surface area contributed by atoms with Crippen molar-refractivity contribution in [3.05, 3.63) is 11.6 Å². The number of rotatable bonds is 0. The largest absolute Gasteiger partial charge is 0.387 e. The number of allylic oxidation sites excluding steroid dienone is 1. The van der Waals surface area contributed by atoms with Crippen LogP contribution >= 0.6 is 11.6 Å². The predicted octanol–water partition coefficient (Wildman–Crippen LogP) is 1.69. The van der Waals surface area contributed by atoms with Crippen LogP contribution in [0.3, 0.4) is 0 Å². The van der Waals surface area contributed by atoms with Crippen molar-refractivity contribution in [3.8, 4) is 0 Å². The van der Waals surface area contributed by atoms with Gasteiger partial charge in [0.25, 0.3) is 0 Å². The summed E-state index contributed by atoms with van der Waals surface area (Å²) in [5.74, 6) is 0. The summed E-state index contributed by atoms with van der Waals surface area (Å²) in [5, 5.41) is 9.22. The van der Waals surface area contributed by atoms with E-state index < -0.39 is 11.0 Å². The van der Waals surface area contributed by atoms with Crippen molar-refractivity contribution in [3.63, 3.8) is 0 Å². The minimum absolute atomic E-state index is 0.440. The van der Waals surface area contributed by atoms with Crippen molar-refractivity contribution >= 4 is 11.6 Å². The van der Waals surface area contributed by atoms with E-state index in [9.17, 15) is 5.11 Å². The molecule has 1 aliphatic rings. The maximum Gasteiger partial charge on any atom is 0.0915 e. The average molecular weight is 147 g/mol. The van der Waals surface area contributed by atoms with Crippen molar-refractivity contribution in [1.29, 1.82) is 0 Å². The van der Waals surface area contributed by atoms with Gasteiger partial charge in [0.1, 0.15) is 0 Å². The highest BCUT2D eigenvalue weighted by Crippen LogP contribution is 2.34. The van der Waals surface area contributed by atoms with E-state index in [1.807, 2.05) is 19.9 Å². The topological polar surface area (TPSA) is 20.2 Å². The lowest BCUT2D eigenvalue weighted by Crippen LogP contribution is -2.27. The highest BCUT2D eigenvalue weighted by Gasteiger charge is 2.33. The van der Waals surface area contributed by atoms with Gasteiger partial charge in [0.15, 0.2) is 0 Å². The first-order chi connectivity index (χ1) is 4.02. The minimum atomic E-state index is -0.459. The first-order valence-corrected chi connectivity index (χ1v) is 3.44. The molecule has 2 atom stereocenters. The van der Waals surface area contributed by atoms with Gasteiger partial charge in [-0.1, -0.05) is 11.6 Å². The Morgan fingerprint density at radius 1 is 1.89 bits per heavy atom. The molecule has 1 N–H and O–H groups in total. The molecule has 0 saturated heterocycles. The van der Waals surface area contributed by atoms with Crippen LogP contribution in [0, 0.1) is 0 Å². The van der Waals surface area contributed by atoms with Crippen molar-refractivity contribution in [2.75, 3.05) is 0 Å². The van der Waals surface area contributed by atoms with Gasteiger partial charge in [0, 0.05) is 0 Å². The molecule has 1 aliphatic carbocycles. The molecule has 0 amide bonds. The molecule has 0 spiro atoms. The van der Waals surface area contributed by atoms with E-state index in [0.717, 1.165) is 6.42 Å². The second-order valence-corrected chi connectivity index (χ2v) is 3.78. The monoisotopic (exact) mass is 146 g/mol. The Balaban J connectivity index is 2.71. The zero-order chi connectivity index (χ0) is 7.07. The highest BCUT2D eigenvalue weighted by molar-refractivity contribution is 6.24. The van der Waals surface area contributed by atoms with E-state index >= 15 is 0 Å². The van der Waals surface area contributed by atoms with Gasteiger partial charge < -0.3 is 5.11 Å². The van der Waals surface area contributed by atoms with Crippen LogP contribution in [0.2, 0.25) is 0 Å². The molecule has 2 heteroatoms. The molecule has 0 saturated carbocycles. The highest BCUT2D eigenvalue weighted by atomic mass is 35.5. The summed E-state index contributed by atoms with van der Waals surface area (Å²) in [6.45, 7) is 3.84. The third kappa shape index (κ3) is 1.28. The van der Waals surface area contributed by atoms with Gasteiger partial charge >= 0.3 is 0 Å². The van der Waals surface area contributed by atoms with E-state index in [2.05, 4.69) is 0 Å². The van der Waals surface area contributed by atoms with Crippen LogP contribution in [-0.2, 0) is 0 Å². The molecule has 0 aromatic rings. The van der Waals surface area contributed by atoms with E-state index in [1.54, 1.807) is 0 Å². The third-order valence-electron chi connectivity index (χ3n) is 1.68. The Hall–Kier alpha value is -0.0100. The zero-order valence-electron chi connectivity index (χ0n) is 5.69. The number of hydrogen-bond acceptors (Lipinski definition) is 1. The van der Waals surface area contributed by atoms with Gasteiger partial charge in [0.05, 0.1) is 11.0 Å². The van der Waals surface area contributed by atoms with Gasteiger partial charge in [-0.05, 0) is 20.3 Å². The zero-order valence-corrected chi connectivity index (χ0v) is 6.44. The first-order valence-electron chi connectivity index (χ1n) is 3.06. The molecule has 0 fully saturated rings. The van der Waals surface area contributed by atoms with E-state index in [-0.39, 0.29) is 0 Å². The molecule has 1 nitrogen and oxygen atoms in total. The van der Waals surface area contributed by atoms with E-state index in [1.165, 1.54) is 5.57 Å². The van der Waals surface area contributed by atoms with Gasteiger partial charge in [-0.3, -0.25) is 0 Å². The molecule has 0 aliphatic heterocycles. The average Bonchev–Trinajstić information content (AvgIpc) is 1.79. The standard InChI is InChI=1S/C7H11ClO/c1-5-3-6(9)7(2,8)4-5/h3,6,9H,4H2,1-2H3. The summed E-state index contributed by atoms with van der Waals surface area (Å²) in [4.78, 5) is -0.440. The van der Waals surface area contributed by atoms with E-state index in [0.29, 0.717) is 0 Å². The molecule has 52 valence electrons. The molecule has 9 heavy (non-hydrogen) atoms. The fourth-order valence-corrected chi connectivity index (χ4v) is 1.43. The minimum Gasteiger partial charge on any atom is -0.387 e. The van der Waals surface area contributed by atoms with Gasteiger partial charge in [-0.2, -0.15) is 0 Å². The number of halogens is 1. The van der Waals surface area contributed by atoms with Crippen molar-refractivity contribution in [2.24, 2.45) is 0 Å². The first kappa shape index (κ1) is 7.10. The van der Waals surface area contributed by atoms with Crippen LogP contribution < -0.4 is 0 Å². The fraction of sp³-hybridized carbons (Fsp3) is 0.714. The number of aliphatic hydroxyl groups excluding tert-OH is 1. The Bertz CT molecular complexity index is 149.